The van der Waals surface area contributed by atoms with E-state index >= 15 is 0 Å². The first kappa shape index (κ1) is 10.9. The number of pyridine rings is 1. The number of aryl methyl sites for hydroxylation is 1. The molecule has 0 unspecified atom stereocenters. The molecule has 0 N–H and O–H groups in total. The van der Waals surface area contributed by atoms with Crippen LogP contribution in [0.4, 0.5) is 12.9 Å². The maximum atomic E-state index is 11.9. The van der Waals surface area contributed by atoms with Gasteiger partial charge < -0.3 is 17.7 Å². The van der Waals surface area contributed by atoms with Gasteiger partial charge in [-0.05, 0) is 12.5 Å². The molecule has 0 atom stereocenters. The fourth-order valence-electron chi connectivity index (χ4n) is 1.02. The summed E-state index contributed by atoms with van der Waals surface area (Å²) in [5.41, 5.74) is 0.406. The van der Waals surface area contributed by atoms with Crippen LogP contribution in [-0.2, 0) is 6.42 Å². The number of halogens is 3. The molecule has 6 heteroatoms. The van der Waals surface area contributed by atoms with E-state index in [0.29, 0.717) is 11.6 Å². The molecule has 0 saturated carbocycles. The average molecular weight is 204 g/mol. The zero-order chi connectivity index (χ0) is 10.6. The summed E-state index contributed by atoms with van der Waals surface area (Å²) in [4.78, 5) is 3.88. The average Bonchev–Trinajstić information content (AvgIpc) is 2.14. The fraction of sp³-hybridized carbons (Fsp3) is 0.375. The van der Waals surface area contributed by atoms with Gasteiger partial charge in [-0.25, -0.2) is 4.98 Å². The van der Waals surface area contributed by atoms with Crippen molar-refractivity contribution < 1.29 is 17.7 Å². The first-order valence-electron chi connectivity index (χ1n) is 4.22. The van der Waals surface area contributed by atoms with Crippen molar-refractivity contribution in [1.82, 2.24) is 4.98 Å². The SMILES string of the molecule is COc1cccc(CC[B-](F)(F)F)n1. The Morgan fingerprint density at radius 1 is 1.36 bits per heavy atom. The van der Waals surface area contributed by atoms with Gasteiger partial charge >= 0.3 is 6.98 Å². The predicted octanol–water partition coefficient (Wildman–Crippen LogP) is 2.48. The molecule has 0 aliphatic carbocycles. The summed E-state index contributed by atoms with van der Waals surface area (Å²) in [6.45, 7) is -4.73. The third kappa shape index (κ3) is 3.68. The topological polar surface area (TPSA) is 22.1 Å². The Bertz CT molecular complexity index is 303. The smallest absolute Gasteiger partial charge is 0.478 e. The summed E-state index contributed by atoms with van der Waals surface area (Å²) in [6.07, 6.45) is -0.874. The van der Waals surface area contributed by atoms with Gasteiger partial charge in [0.15, 0.2) is 0 Å². The summed E-state index contributed by atoms with van der Waals surface area (Å²) in [7, 11) is 1.43. The van der Waals surface area contributed by atoms with E-state index in [4.69, 9.17) is 4.74 Å². The number of rotatable bonds is 4. The van der Waals surface area contributed by atoms with Crippen LogP contribution >= 0.6 is 0 Å². The Hall–Kier alpha value is -1.20. The van der Waals surface area contributed by atoms with Crippen LogP contribution in [0, 0.1) is 0 Å². The van der Waals surface area contributed by atoms with Crippen LogP contribution < -0.4 is 4.74 Å². The van der Waals surface area contributed by atoms with Crippen LogP contribution in [0.25, 0.3) is 0 Å². The minimum absolute atomic E-state index is 0.0826. The van der Waals surface area contributed by atoms with Crippen LogP contribution in [0.1, 0.15) is 5.69 Å². The second-order valence-electron chi connectivity index (χ2n) is 2.92. The van der Waals surface area contributed by atoms with Gasteiger partial charge in [0.2, 0.25) is 5.88 Å². The molecule has 1 rings (SSSR count). The summed E-state index contributed by atoms with van der Waals surface area (Å²) < 4.78 is 40.6. The maximum absolute atomic E-state index is 11.9. The molecule has 14 heavy (non-hydrogen) atoms. The monoisotopic (exact) mass is 204 g/mol. The number of nitrogens with zero attached hydrogens (tertiary/aromatic N) is 1. The standard InChI is InChI=1S/C8H10BF3NO/c1-14-8-4-2-3-7(13-8)5-6-9(10,11)12/h2-4H,5-6H2,1H3/q-1. The summed E-state index contributed by atoms with van der Waals surface area (Å²) in [6, 6.07) is 4.79. The van der Waals surface area contributed by atoms with Crippen molar-refractivity contribution in [2.45, 2.75) is 12.7 Å². The molecule has 0 aromatic carbocycles. The number of methoxy groups -OCH3 is 1. The van der Waals surface area contributed by atoms with Crippen LogP contribution in [0.2, 0.25) is 6.32 Å². The summed E-state index contributed by atoms with van der Waals surface area (Å²) in [5.74, 6) is 0.345. The molecule has 0 saturated heterocycles. The lowest BCUT2D eigenvalue weighted by Gasteiger charge is -2.12. The molecule has 0 aliphatic heterocycles. The molecule has 1 aromatic rings. The van der Waals surface area contributed by atoms with Crippen molar-refractivity contribution in [3.8, 4) is 5.88 Å². The lowest BCUT2D eigenvalue weighted by atomic mass is 9.83. The van der Waals surface area contributed by atoms with E-state index < -0.39 is 13.3 Å². The van der Waals surface area contributed by atoms with Crippen molar-refractivity contribution in [1.29, 1.82) is 0 Å². The molecule has 78 valence electrons. The first-order valence-corrected chi connectivity index (χ1v) is 4.22. The number of ether oxygens (including phenoxy) is 1. The lowest BCUT2D eigenvalue weighted by Crippen LogP contribution is -2.15. The van der Waals surface area contributed by atoms with Crippen LogP contribution in [-0.4, -0.2) is 19.1 Å². The Balaban J connectivity index is 2.59. The molecule has 0 spiro atoms. The highest BCUT2D eigenvalue weighted by Crippen LogP contribution is 2.18. The van der Waals surface area contributed by atoms with Crippen molar-refractivity contribution in [3.05, 3.63) is 23.9 Å². The highest BCUT2D eigenvalue weighted by Gasteiger charge is 2.22. The molecule has 1 aromatic heterocycles. The molecular weight excluding hydrogens is 194 g/mol. The number of hydrogen-bond donors (Lipinski definition) is 0. The minimum atomic E-state index is -4.73. The van der Waals surface area contributed by atoms with Gasteiger partial charge in [-0.1, -0.05) is 12.4 Å². The normalized spacial score (nSPS) is 11.4. The Morgan fingerprint density at radius 2 is 2.07 bits per heavy atom. The van der Waals surface area contributed by atoms with Crippen LogP contribution in [0.3, 0.4) is 0 Å². The molecule has 0 amide bonds. The van der Waals surface area contributed by atoms with Crippen LogP contribution in [0.15, 0.2) is 18.2 Å². The number of hydrogen-bond acceptors (Lipinski definition) is 2. The van der Waals surface area contributed by atoms with E-state index in [1.807, 2.05) is 0 Å². The van der Waals surface area contributed by atoms with Gasteiger partial charge in [0.1, 0.15) is 0 Å². The number of aromatic nitrogens is 1. The van der Waals surface area contributed by atoms with Gasteiger partial charge in [0.05, 0.1) is 7.11 Å². The zero-order valence-corrected chi connectivity index (χ0v) is 7.71. The van der Waals surface area contributed by atoms with E-state index in [9.17, 15) is 12.9 Å². The molecule has 0 radical (unpaired) electrons. The maximum Gasteiger partial charge on any atom is 0.478 e. The second kappa shape index (κ2) is 4.35. The van der Waals surface area contributed by atoms with E-state index in [0.717, 1.165) is 0 Å². The van der Waals surface area contributed by atoms with E-state index in [1.165, 1.54) is 7.11 Å². The van der Waals surface area contributed by atoms with Gasteiger partial charge in [-0.2, -0.15) is 0 Å². The molecule has 0 fully saturated rings. The Kier molecular flexibility index (Phi) is 3.38. The third-order valence-corrected chi connectivity index (χ3v) is 1.72. The van der Waals surface area contributed by atoms with E-state index in [2.05, 4.69) is 4.98 Å². The molecular formula is C8H10BF3NO-. The second-order valence-corrected chi connectivity index (χ2v) is 2.92. The Morgan fingerprint density at radius 3 is 2.64 bits per heavy atom. The van der Waals surface area contributed by atoms with Crippen molar-refractivity contribution >= 4 is 6.98 Å². The summed E-state index contributed by atoms with van der Waals surface area (Å²) >= 11 is 0. The Labute approximate surface area is 80.2 Å². The summed E-state index contributed by atoms with van der Waals surface area (Å²) in [5, 5.41) is 0. The minimum Gasteiger partial charge on any atom is -0.481 e. The quantitative estimate of drug-likeness (QED) is 0.702. The molecule has 0 aliphatic rings. The fourth-order valence-corrected chi connectivity index (χ4v) is 1.02. The molecule has 0 bridgehead atoms. The zero-order valence-electron chi connectivity index (χ0n) is 7.71. The van der Waals surface area contributed by atoms with E-state index in [-0.39, 0.29) is 6.42 Å². The molecule has 1 heterocycles. The van der Waals surface area contributed by atoms with Gasteiger partial charge in [-0.15, -0.1) is 0 Å². The highest BCUT2D eigenvalue weighted by molar-refractivity contribution is 6.58. The van der Waals surface area contributed by atoms with Crippen molar-refractivity contribution in [2.24, 2.45) is 0 Å². The predicted molar refractivity (Wildman–Crippen MR) is 48.4 cm³/mol. The highest BCUT2D eigenvalue weighted by atomic mass is 19.4. The van der Waals surface area contributed by atoms with E-state index in [1.54, 1.807) is 18.2 Å². The van der Waals surface area contributed by atoms with Crippen molar-refractivity contribution in [3.63, 3.8) is 0 Å². The molecule has 2 nitrogen and oxygen atoms in total. The van der Waals surface area contributed by atoms with Crippen LogP contribution in [0.5, 0.6) is 5.88 Å². The van der Waals surface area contributed by atoms with Gasteiger partial charge in [-0.3, -0.25) is 0 Å². The first-order chi connectivity index (χ1) is 6.51. The van der Waals surface area contributed by atoms with Gasteiger partial charge in [0.25, 0.3) is 0 Å². The third-order valence-electron chi connectivity index (χ3n) is 1.72. The van der Waals surface area contributed by atoms with Crippen molar-refractivity contribution in [2.75, 3.05) is 7.11 Å². The largest absolute Gasteiger partial charge is 0.481 e. The van der Waals surface area contributed by atoms with Gasteiger partial charge in [0, 0.05) is 11.8 Å². The lowest BCUT2D eigenvalue weighted by molar-refractivity contribution is 0.396.